The van der Waals surface area contributed by atoms with Crippen molar-refractivity contribution < 1.29 is 22.7 Å². The van der Waals surface area contributed by atoms with E-state index in [0.29, 0.717) is 44.3 Å². The van der Waals surface area contributed by atoms with Crippen molar-refractivity contribution in [2.24, 2.45) is 0 Å². The first-order valence-corrected chi connectivity index (χ1v) is 12.9. The van der Waals surface area contributed by atoms with Gasteiger partial charge >= 0.3 is 6.09 Å². The summed E-state index contributed by atoms with van der Waals surface area (Å²) in [6.45, 7) is 9.92. The summed E-state index contributed by atoms with van der Waals surface area (Å²) in [5.41, 5.74) is 0.969. The van der Waals surface area contributed by atoms with E-state index in [9.17, 15) is 18.0 Å². The highest BCUT2D eigenvalue weighted by molar-refractivity contribution is 7.93. The molecule has 1 aromatic rings. The Labute approximate surface area is 191 Å². The maximum absolute atomic E-state index is 13.8. The minimum absolute atomic E-state index is 0.0935. The van der Waals surface area contributed by atoms with E-state index in [1.165, 1.54) is 0 Å². The Bertz CT molecular complexity index is 967. The van der Waals surface area contributed by atoms with Gasteiger partial charge < -0.3 is 15.0 Å². The summed E-state index contributed by atoms with van der Waals surface area (Å²) in [5.74, 6) is -0.286. The lowest BCUT2D eigenvalue weighted by Crippen LogP contribution is -2.56. The fourth-order valence-corrected chi connectivity index (χ4v) is 7.18. The minimum atomic E-state index is -3.84. The maximum atomic E-state index is 13.8. The molecule has 7 nitrogen and oxygen atoms in total. The largest absolute Gasteiger partial charge is 0.444 e. The average molecular weight is 465 g/mol. The summed E-state index contributed by atoms with van der Waals surface area (Å²) >= 11 is 0. The first kappa shape index (κ1) is 24.6. The molecule has 1 aliphatic carbocycles. The van der Waals surface area contributed by atoms with Gasteiger partial charge in [0.1, 0.15) is 5.60 Å². The molecule has 0 aromatic heterocycles. The number of amides is 2. The van der Waals surface area contributed by atoms with Crippen molar-refractivity contribution in [3.05, 3.63) is 29.3 Å². The molecule has 1 saturated heterocycles. The summed E-state index contributed by atoms with van der Waals surface area (Å²) in [4.78, 5) is 27.7. The summed E-state index contributed by atoms with van der Waals surface area (Å²) in [6.07, 6.45) is 2.86. The van der Waals surface area contributed by atoms with E-state index in [0.717, 1.165) is 18.4 Å². The number of carbonyl (C=O) groups is 2. The number of nitrogens with zero attached hydrogens (tertiary/aromatic N) is 1. The number of aryl methyl sites for hydroxylation is 2. The van der Waals surface area contributed by atoms with Crippen molar-refractivity contribution in [1.82, 2.24) is 10.2 Å². The molecule has 2 amide bonds. The molecule has 1 aliphatic heterocycles. The Morgan fingerprint density at radius 2 is 1.69 bits per heavy atom. The predicted octanol–water partition coefficient (Wildman–Crippen LogP) is 3.91. The fourth-order valence-electron chi connectivity index (χ4n) is 4.74. The van der Waals surface area contributed by atoms with Crippen molar-refractivity contribution >= 4 is 21.8 Å². The van der Waals surface area contributed by atoms with Gasteiger partial charge in [-0.2, -0.15) is 0 Å². The topological polar surface area (TPSA) is 92.8 Å². The van der Waals surface area contributed by atoms with Gasteiger partial charge in [-0.3, -0.25) is 4.79 Å². The van der Waals surface area contributed by atoms with Crippen LogP contribution in [0.4, 0.5) is 4.79 Å². The van der Waals surface area contributed by atoms with Gasteiger partial charge in [0.15, 0.2) is 14.6 Å². The molecule has 0 spiro atoms. The zero-order valence-corrected chi connectivity index (χ0v) is 20.7. The Kier molecular flexibility index (Phi) is 6.94. The Hall–Kier alpha value is -2.09. The summed E-state index contributed by atoms with van der Waals surface area (Å²) < 4.78 is 31.6. The van der Waals surface area contributed by atoms with E-state index >= 15 is 0 Å². The van der Waals surface area contributed by atoms with E-state index in [-0.39, 0.29) is 16.8 Å². The lowest BCUT2D eigenvalue weighted by molar-refractivity contribution is -0.135. The molecule has 1 heterocycles. The highest BCUT2D eigenvalue weighted by atomic mass is 32.2. The number of hydrogen-bond donors (Lipinski definition) is 1. The Balaban J connectivity index is 1.75. The third kappa shape index (κ3) is 4.95. The summed E-state index contributed by atoms with van der Waals surface area (Å²) in [5, 5.41) is 2.87. The molecule has 2 fully saturated rings. The SMILES string of the molecule is Cc1ccc(C)c(S(=O)(=O)C2(C(=O)N3CCC(NC(=O)OC(C)(C)C)CC3)CCCC2)c1. The first-order chi connectivity index (χ1) is 14.9. The highest BCUT2D eigenvalue weighted by Crippen LogP contribution is 2.43. The van der Waals surface area contributed by atoms with Gasteiger partial charge in [0.25, 0.3) is 0 Å². The van der Waals surface area contributed by atoms with Crippen molar-refractivity contribution in [1.29, 1.82) is 0 Å². The van der Waals surface area contributed by atoms with Crippen LogP contribution in [0.25, 0.3) is 0 Å². The molecule has 1 saturated carbocycles. The van der Waals surface area contributed by atoms with Gasteiger partial charge in [0.2, 0.25) is 5.91 Å². The van der Waals surface area contributed by atoms with E-state index < -0.39 is 26.3 Å². The van der Waals surface area contributed by atoms with E-state index in [4.69, 9.17) is 4.74 Å². The third-order valence-corrected chi connectivity index (χ3v) is 9.08. The van der Waals surface area contributed by atoms with Crippen LogP contribution >= 0.6 is 0 Å². The molecule has 32 heavy (non-hydrogen) atoms. The molecule has 1 aromatic carbocycles. The number of benzene rings is 1. The number of piperidine rings is 1. The average Bonchev–Trinajstić information content (AvgIpc) is 3.20. The molecule has 0 bridgehead atoms. The zero-order valence-electron chi connectivity index (χ0n) is 19.9. The second kappa shape index (κ2) is 9.04. The van der Waals surface area contributed by atoms with Crippen LogP contribution in [0.5, 0.6) is 0 Å². The Morgan fingerprint density at radius 1 is 1.09 bits per heavy atom. The quantitative estimate of drug-likeness (QED) is 0.729. The smallest absolute Gasteiger partial charge is 0.407 e. The molecule has 3 rings (SSSR count). The normalized spacial score (nSPS) is 19.6. The van der Waals surface area contributed by atoms with Gasteiger partial charge in [-0.25, -0.2) is 13.2 Å². The van der Waals surface area contributed by atoms with Crippen LogP contribution in [-0.2, 0) is 19.4 Å². The van der Waals surface area contributed by atoms with Gasteiger partial charge in [-0.1, -0.05) is 25.0 Å². The highest BCUT2D eigenvalue weighted by Gasteiger charge is 2.55. The number of nitrogens with one attached hydrogen (secondary N) is 1. The molecule has 178 valence electrons. The van der Waals surface area contributed by atoms with E-state index in [1.807, 2.05) is 39.8 Å². The maximum Gasteiger partial charge on any atom is 0.407 e. The second-order valence-electron chi connectivity index (χ2n) is 10.2. The van der Waals surface area contributed by atoms with Crippen LogP contribution < -0.4 is 5.32 Å². The van der Waals surface area contributed by atoms with Gasteiger partial charge in [0.05, 0.1) is 4.90 Å². The third-order valence-electron chi connectivity index (χ3n) is 6.45. The molecular weight excluding hydrogens is 428 g/mol. The molecule has 2 aliphatic rings. The van der Waals surface area contributed by atoms with Crippen LogP contribution in [0, 0.1) is 13.8 Å². The number of carbonyl (C=O) groups excluding carboxylic acids is 2. The monoisotopic (exact) mass is 464 g/mol. The molecule has 8 heteroatoms. The zero-order chi connectivity index (χ0) is 23.7. The number of ether oxygens (including phenoxy) is 1. The van der Waals surface area contributed by atoms with Crippen molar-refractivity contribution in [3.8, 4) is 0 Å². The number of alkyl carbamates (subject to hydrolysis) is 1. The first-order valence-electron chi connectivity index (χ1n) is 11.5. The number of hydrogen-bond acceptors (Lipinski definition) is 5. The minimum Gasteiger partial charge on any atom is -0.444 e. The Morgan fingerprint density at radius 3 is 2.25 bits per heavy atom. The van der Waals surface area contributed by atoms with Crippen LogP contribution in [0.3, 0.4) is 0 Å². The standard InChI is InChI=1S/C24H36N2O5S/c1-17-8-9-18(2)20(16-17)32(29,30)24(12-6-7-13-24)21(27)26-14-10-19(11-15-26)25-22(28)31-23(3,4)5/h8-9,16,19H,6-7,10-15H2,1-5H3,(H,25,28). The predicted molar refractivity (Wildman–Crippen MR) is 123 cm³/mol. The fraction of sp³-hybridized carbons (Fsp3) is 0.667. The van der Waals surface area contributed by atoms with E-state index in [2.05, 4.69) is 5.32 Å². The molecule has 0 unspecified atom stereocenters. The van der Waals surface area contributed by atoms with Crippen LogP contribution in [-0.4, -0.2) is 54.8 Å². The number of rotatable bonds is 4. The molecule has 1 N–H and O–H groups in total. The van der Waals surface area contributed by atoms with Gasteiger partial charge in [-0.15, -0.1) is 0 Å². The van der Waals surface area contributed by atoms with Crippen LogP contribution in [0.2, 0.25) is 0 Å². The lowest BCUT2D eigenvalue weighted by atomic mass is 10.0. The summed E-state index contributed by atoms with van der Waals surface area (Å²) in [6, 6.07) is 5.29. The number of likely N-dealkylation sites (tertiary alicyclic amines) is 1. The molecule has 0 atom stereocenters. The van der Waals surface area contributed by atoms with E-state index in [1.54, 1.807) is 17.9 Å². The summed E-state index contributed by atoms with van der Waals surface area (Å²) in [7, 11) is -3.84. The molecular formula is C24H36N2O5S. The van der Waals surface area contributed by atoms with Crippen molar-refractivity contribution in [2.75, 3.05) is 13.1 Å². The molecule has 0 radical (unpaired) electrons. The van der Waals surface area contributed by atoms with Crippen molar-refractivity contribution in [2.45, 2.75) is 94.4 Å². The van der Waals surface area contributed by atoms with Crippen LogP contribution in [0.15, 0.2) is 23.1 Å². The van der Waals surface area contributed by atoms with Crippen LogP contribution in [0.1, 0.15) is 70.4 Å². The lowest BCUT2D eigenvalue weighted by Gasteiger charge is -2.38. The van der Waals surface area contributed by atoms with Gasteiger partial charge in [0, 0.05) is 19.1 Å². The van der Waals surface area contributed by atoms with Gasteiger partial charge in [-0.05, 0) is 77.5 Å². The number of sulfone groups is 1. The second-order valence-corrected chi connectivity index (χ2v) is 12.4. The van der Waals surface area contributed by atoms with Crippen molar-refractivity contribution in [3.63, 3.8) is 0 Å².